The van der Waals surface area contributed by atoms with Crippen LogP contribution in [0.5, 0.6) is 0 Å². The third-order valence-electron chi connectivity index (χ3n) is 12.0. The summed E-state index contributed by atoms with van der Waals surface area (Å²) in [5.74, 6) is 0. The lowest BCUT2D eigenvalue weighted by atomic mass is 9.97. The molecule has 0 unspecified atom stereocenters. The van der Waals surface area contributed by atoms with Crippen molar-refractivity contribution >= 4 is 81.3 Å². The first kappa shape index (κ1) is 35.2. The lowest BCUT2D eigenvalue weighted by Gasteiger charge is -2.27. The van der Waals surface area contributed by atoms with Gasteiger partial charge in [-0.05, 0) is 122 Å². The van der Waals surface area contributed by atoms with Gasteiger partial charge in [-0.15, -0.1) is 11.3 Å². The van der Waals surface area contributed by atoms with E-state index in [1.807, 2.05) is 23.5 Å². The zero-order valence-electron chi connectivity index (χ0n) is 33.1. The predicted octanol–water partition coefficient (Wildman–Crippen LogP) is 17.2. The van der Waals surface area contributed by atoms with Crippen LogP contribution in [0.3, 0.4) is 0 Å². The average Bonchev–Trinajstić information content (AvgIpc) is 3.91. The average molecular weight is 796 g/mol. The van der Waals surface area contributed by atoms with Crippen LogP contribution in [-0.2, 0) is 0 Å². The van der Waals surface area contributed by atoms with E-state index in [0.717, 1.165) is 55.7 Å². The van der Waals surface area contributed by atoms with Crippen LogP contribution in [-0.4, -0.2) is 0 Å². The quantitative estimate of drug-likeness (QED) is 0.160. The third kappa shape index (κ3) is 6.18. The molecule has 0 N–H and O–H groups in total. The highest BCUT2D eigenvalue weighted by molar-refractivity contribution is 7.26. The molecule has 2 heterocycles. The Bertz CT molecular complexity index is 3610. The monoisotopic (exact) mass is 795 g/mol. The summed E-state index contributed by atoms with van der Waals surface area (Å²) in [5, 5.41) is 7.38. The maximum absolute atomic E-state index is 6.27. The fourth-order valence-electron chi connectivity index (χ4n) is 9.11. The molecule has 0 amide bonds. The van der Waals surface area contributed by atoms with Crippen molar-refractivity contribution in [3.05, 3.63) is 224 Å². The van der Waals surface area contributed by atoms with Gasteiger partial charge in [0, 0.05) is 48.0 Å². The van der Waals surface area contributed by atoms with Gasteiger partial charge >= 0.3 is 0 Å². The topological polar surface area (TPSA) is 16.4 Å². The van der Waals surface area contributed by atoms with Crippen LogP contribution in [0.15, 0.2) is 229 Å². The molecule has 0 saturated heterocycles. The molecule has 0 saturated carbocycles. The highest BCUT2D eigenvalue weighted by atomic mass is 32.1. The van der Waals surface area contributed by atoms with Crippen LogP contribution in [0.4, 0.5) is 17.1 Å². The number of thiophene rings is 1. The summed E-state index contributed by atoms with van der Waals surface area (Å²) < 4.78 is 8.91. The molecule has 0 aliphatic rings. The van der Waals surface area contributed by atoms with Crippen molar-refractivity contribution in [2.45, 2.75) is 0 Å². The van der Waals surface area contributed by atoms with Crippen LogP contribution < -0.4 is 4.90 Å². The molecule has 0 radical (unpaired) electrons. The van der Waals surface area contributed by atoms with Gasteiger partial charge in [0.1, 0.15) is 11.2 Å². The minimum Gasteiger partial charge on any atom is -0.456 e. The second-order valence-electron chi connectivity index (χ2n) is 15.7. The van der Waals surface area contributed by atoms with Gasteiger partial charge in [0.25, 0.3) is 0 Å². The molecule has 0 aliphatic carbocycles. The van der Waals surface area contributed by atoms with E-state index in [0.29, 0.717) is 0 Å². The van der Waals surface area contributed by atoms with Gasteiger partial charge in [0.05, 0.1) is 0 Å². The predicted molar refractivity (Wildman–Crippen MR) is 261 cm³/mol. The van der Waals surface area contributed by atoms with Crippen LogP contribution in [0.25, 0.3) is 97.4 Å². The molecule has 0 atom stereocenters. The Hall–Kier alpha value is -7.72. The van der Waals surface area contributed by atoms with E-state index < -0.39 is 0 Å². The summed E-state index contributed by atoms with van der Waals surface area (Å²) in [5.41, 5.74) is 14.5. The van der Waals surface area contributed by atoms with Crippen molar-refractivity contribution in [1.29, 1.82) is 0 Å². The van der Waals surface area contributed by atoms with Crippen molar-refractivity contribution in [2.75, 3.05) is 4.90 Å². The number of hydrogen-bond acceptors (Lipinski definition) is 3. The fourth-order valence-corrected chi connectivity index (χ4v) is 10.3. The van der Waals surface area contributed by atoms with Gasteiger partial charge in [-0.2, -0.15) is 0 Å². The number of para-hydroxylation sites is 1. The number of fused-ring (bicyclic) bond motifs is 7. The summed E-state index contributed by atoms with van der Waals surface area (Å²) in [6.45, 7) is 0. The molecule has 61 heavy (non-hydrogen) atoms. The van der Waals surface area contributed by atoms with E-state index in [-0.39, 0.29) is 0 Å². The van der Waals surface area contributed by atoms with Gasteiger partial charge in [-0.25, -0.2) is 0 Å². The lowest BCUT2D eigenvalue weighted by Crippen LogP contribution is -2.10. The fraction of sp³-hybridized carbons (Fsp3) is 0. The van der Waals surface area contributed by atoms with Crippen molar-refractivity contribution in [3.63, 3.8) is 0 Å². The van der Waals surface area contributed by atoms with Crippen molar-refractivity contribution in [2.24, 2.45) is 0 Å². The Kier molecular flexibility index (Phi) is 8.39. The van der Waals surface area contributed by atoms with Gasteiger partial charge in [-0.1, -0.05) is 158 Å². The van der Waals surface area contributed by atoms with Gasteiger partial charge in [0.15, 0.2) is 0 Å². The molecule has 2 aromatic heterocycles. The molecular formula is C58H37NOS. The number of furan rings is 1. The zero-order chi connectivity index (χ0) is 40.3. The largest absolute Gasteiger partial charge is 0.456 e. The Balaban J connectivity index is 0.974. The van der Waals surface area contributed by atoms with E-state index in [1.165, 1.54) is 58.8 Å². The van der Waals surface area contributed by atoms with Crippen LogP contribution in [0, 0.1) is 0 Å². The van der Waals surface area contributed by atoms with Gasteiger partial charge < -0.3 is 9.32 Å². The molecule has 3 heteroatoms. The second-order valence-corrected chi connectivity index (χ2v) is 16.7. The highest BCUT2D eigenvalue weighted by Crippen LogP contribution is 2.43. The molecule has 2 nitrogen and oxygen atoms in total. The second kappa shape index (κ2) is 14.5. The number of benzene rings is 10. The smallest absolute Gasteiger partial charge is 0.136 e. The van der Waals surface area contributed by atoms with Crippen LogP contribution in [0.1, 0.15) is 0 Å². The Morgan fingerprint density at radius 2 is 0.902 bits per heavy atom. The molecular weight excluding hydrogens is 759 g/mol. The summed E-state index contributed by atoms with van der Waals surface area (Å²) in [6.07, 6.45) is 0. The van der Waals surface area contributed by atoms with Crippen LogP contribution in [0.2, 0.25) is 0 Å². The number of rotatable bonds is 7. The Morgan fingerprint density at radius 1 is 0.328 bits per heavy atom. The molecule has 12 rings (SSSR count). The maximum atomic E-state index is 6.27. The number of nitrogens with zero attached hydrogens (tertiary/aromatic N) is 1. The first-order valence-electron chi connectivity index (χ1n) is 20.7. The molecule has 12 aromatic rings. The zero-order valence-corrected chi connectivity index (χ0v) is 33.9. The normalized spacial score (nSPS) is 11.6. The third-order valence-corrected chi connectivity index (χ3v) is 13.3. The summed E-state index contributed by atoms with van der Waals surface area (Å²) in [4.78, 5) is 2.38. The molecule has 0 bridgehead atoms. The molecule has 0 fully saturated rings. The van der Waals surface area contributed by atoms with Crippen LogP contribution >= 0.6 is 11.3 Å². The molecule has 286 valence electrons. The molecule has 10 aromatic carbocycles. The standard InChI is InChI=1S/C58H37NOS/c1-2-13-40-34-44(29-28-38(40)12-1)43-16-9-19-48(37-43)59(46-32-30-39(31-33-46)49-22-11-26-55-57(49)53-21-3-5-25-54(53)60-55)47-18-8-15-42(36-47)41-14-7-17-45(35-41)50-23-10-24-52-51-20-4-6-27-56(51)61-58(50)52/h1-37H. The summed E-state index contributed by atoms with van der Waals surface area (Å²) >= 11 is 1.88. The molecule has 0 spiro atoms. The van der Waals surface area contributed by atoms with E-state index >= 15 is 0 Å². The lowest BCUT2D eigenvalue weighted by molar-refractivity contribution is 0.669. The van der Waals surface area contributed by atoms with E-state index in [9.17, 15) is 0 Å². The first-order valence-corrected chi connectivity index (χ1v) is 21.5. The summed E-state index contributed by atoms with van der Waals surface area (Å²) in [6, 6.07) is 81.2. The van der Waals surface area contributed by atoms with Gasteiger partial charge in [0.2, 0.25) is 0 Å². The van der Waals surface area contributed by atoms with Crippen molar-refractivity contribution < 1.29 is 4.42 Å². The number of anilines is 3. The summed E-state index contributed by atoms with van der Waals surface area (Å²) in [7, 11) is 0. The van der Waals surface area contributed by atoms with E-state index in [2.05, 4.69) is 217 Å². The maximum Gasteiger partial charge on any atom is 0.136 e. The van der Waals surface area contributed by atoms with E-state index in [1.54, 1.807) is 0 Å². The van der Waals surface area contributed by atoms with Crippen molar-refractivity contribution in [1.82, 2.24) is 0 Å². The first-order chi connectivity index (χ1) is 30.2. The Labute approximate surface area is 357 Å². The Morgan fingerprint density at radius 3 is 1.72 bits per heavy atom. The number of hydrogen-bond donors (Lipinski definition) is 0. The van der Waals surface area contributed by atoms with E-state index in [4.69, 9.17) is 4.42 Å². The highest BCUT2D eigenvalue weighted by Gasteiger charge is 2.18. The molecule has 0 aliphatic heterocycles. The SMILES string of the molecule is c1cc(-c2cccc(N(c3ccc(-c4cccc5oc6ccccc6c45)cc3)c3cccc(-c4ccc5ccccc5c4)c3)c2)cc(-c2cccc3c2sc2ccccc23)c1. The van der Waals surface area contributed by atoms with Gasteiger partial charge in [-0.3, -0.25) is 0 Å². The minimum atomic E-state index is 0.899. The van der Waals surface area contributed by atoms with Crippen molar-refractivity contribution in [3.8, 4) is 44.5 Å². The minimum absolute atomic E-state index is 0.899.